The number of aromatic nitrogens is 1. The third-order valence-corrected chi connectivity index (χ3v) is 1.92. The Hall–Kier alpha value is -1.98. The lowest BCUT2D eigenvalue weighted by molar-refractivity contribution is -0.147. The highest BCUT2D eigenvalue weighted by molar-refractivity contribution is 5.78. The molecule has 0 aromatic carbocycles. The average molecular weight is 212 g/mol. The first-order valence-electron chi connectivity index (χ1n) is 4.41. The van der Waals surface area contributed by atoms with Crippen molar-refractivity contribution in [1.82, 2.24) is 4.98 Å². The molecule has 0 radical (unpaired) electrons. The molecular formula is C9H12N2O4. The molecule has 0 fully saturated rings. The lowest BCUT2D eigenvalue weighted by atomic mass is 10.1. The molecule has 0 aliphatic heterocycles. The minimum Gasteiger partial charge on any atom is -0.481 e. The summed E-state index contributed by atoms with van der Waals surface area (Å²) in [7, 11) is 0. The van der Waals surface area contributed by atoms with Gasteiger partial charge in [0.2, 0.25) is 0 Å². The summed E-state index contributed by atoms with van der Waals surface area (Å²) in [6.07, 6.45) is 2.97. The molecule has 1 atom stereocenters. The Morgan fingerprint density at radius 3 is 2.67 bits per heavy atom. The number of hydrogen-bond donors (Lipinski definition) is 4. The largest absolute Gasteiger partial charge is 0.481 e. The van der Waals surface area contributed by atoms with E-state index in [1.807, 2.05) is 0 Å². The maximum absolute atomic E-state index is 10.7. The van der Waals surface area contributed by atoms with E-state index in [2.05, 4.69) is 10.3 Å². The molecule has 82 valence electrons. The Morgan fingerprint density at radius 1 is 1.47 bits per heavy atom. The number of carbonyl (C=O) groups is 2. The number of rotatable bonds is 6. The monoisotopic (exact) mass is 212 g/mol. The maximum Gasteiger partial charge on any atom is 0.308 e. The zero-order valence-corrected chi connectivity index (χ0v) is 7.93. The first kappa shape index (κ1) is 11.1. The molecule has 1 heterocycles. The molecule has 0 spiro atoms. The molecule has 0 aliphatic rings. The van der Waals surface area contributed by atoms with Gasteiger partial charge < -0.3 is 20.5 Å². The van der Waals surface area contributed by atoms with Crippen LogP contribution < -0.4 is 5.32 Å². The van der Waals surface area contributed by atoms with E-state index < -0.39 is 17.9 Å². The fraction of sp³-hybridized carbons (Fsp3) is 0.333. The second kappa shape index (κ2) is 5.04. The van der Waals surface area contributed by atoms with E-state index in [1.54, 1.807) is 18.5 Å². The van der Waals surface area contributed by atoms with Crippen molar-refractivity contribution in [2.45, 2.75) is 6.42 Å². The molecule has 6 nitrogen and oxygen atoms in total. The van der Waals surface area contributed by atoms with Crippen LogP contribution in [-0.4, -0.2) is 33.7 Å². The highest BCUT2D eigenvalue weighted by atomic mass is 16.4. The molecule has 1 aromatic heterocycles. The van der Waals surface area contributed by atoms with E-state index in [0.717, 1.165) is 5.69 Å². The summed E-state index contributed by atoms with van der Waals surface area (Å²) in [4.78, 5) is 23.9. The number of carboxylic acids is 2. The van der Waals surface area contributed by atoms with Gasteiger partial charge in [0, 0.05) is 18.9 Å². The Kier molecular flexibility index (Phi) is 3.73. The Bertz CT molecular complexity index is 334. The van der Waals surface area contributed by atoms with Crippen LogP contribution in [0, 0.1) is 5.92 Å². The summed E-state index contributed by atoms with van der Waals surface area (Å²) in [6.45, 7) is 0.0967. The summed E-state index contributed by atoms with van der Waals surface area (Å²) < 4.78 is 0. The van der Waals surface area contributed by atoms with E-state index in [4.69, 9.17) is 10.2 Å². The average Bonchev–Trinajstić information content (AvgIpc) is 2.63. The predicted molar refractivity (Wildman–Crippen MR) is 52.7 cm³/mol. The SMILES string of the molecule is O=C(O)CC(CNc1cc[nH]c1)C(=O)O. The fourth-order valence-electron chi connectivity index (χ4n) is 1.13. The molecule has 0 saturated heterocycles. The Morgan fingerprint density at radius 2 is 2.20 bits per heavy atom. The minimum atomic E-state index is -1.11. The van der Waals surface area contributed by atoms with Crippen molar-refractivity contribution < 1.29 is 19.8 Å². The third kappa shape index (κ3) is 3.72. The first-order chi connectivity index (χ1) is 7.09. The Balaban J connectivity index is 2.45. The normalized spacial score (nSPS) is 12.0. The van der Waals surface area contributed by atoms with Crippen LogP contribution in [0.4, 0.5) is 5.69 Å². The smallest absolute Gasteiger partial charge is 0.308 e. The van der Waals surface area contributed by atoms with Crippen molar-refractivity contribution in [1.29, 1.82) is 0 Å². The van der Waals surface area contributed by atoms with Gasteiger partial charge in [-0.3, -0.25) is 9.59 Å². The fourth-order valence-corrected chi connectivity index (χ4v) is 1.13. The molecule has 0 amide bonds. The molecular weight excluding hydrogens is 200 g/mol. The van der Waals surface area contributed by atoms with E-state index in [1.165, 1.54) is 0 Å². The highest BCUT2D eigenvalue weighted by Crippen LogP contribution is 2.08. The van der Waals surface area contributed by atoms with Crippen molar-refractivity contribution in [2.24, 2.45) is 5.92 Å². The molecule has 0 saturated carbocycles. The number of aromatic amines is 1. The van der Waals surface area contributed by atoms with Crippen LogP contribution in [0.5, 0.6) is 0 Å². The highest BCUT2D eigenvalue weighted by Gasteiger charge is 2.20. The van der Waals surface area contributed by atoms with Crippen molar-refractivity contribution >= 4 is 17.6 Å². The number of aliphatic carboxylic acids is 2. The number of carboxylic acid groups (broad SMARTS) is 2. The topological polar surface area (TPSA) is 102 Å². The first-order valence-corrected chi connectivity index (χ1v) is 4.41. The van der Waals surface area contributed by atoms with Crippen LogP contribution >= 0.6 is 0 Å². The second-order valence-electron chi connectivity index (χ2n) is 3.11. The van der Waals surface area contributed by atoms with Crippen molar-refractivity contribution in [3.63, 3.8) is 0 Å². The molecule has 1 unspecified atom stereocenters. The molecule has 1 rings (SSSR count). The quantitative estimate of drug-likeness (QED) is 0.553. The van der Waals surface area contributed by atoms with Crippen LogP contribution in [0.15, 0.2) is 18.5 Å². The number of hydrogen-bond acceptors (Lipinski definition) is 3. The van der Waals surface area contributed by atoms with Gasteiger partial charge in [0.15, 0.2) is 0 Å². The molecule has 1 aromatic rings. The summed E-state index contributed by atoms with van der Waals surface area (Å²) >= 11 is 0. The zero-order chi connectivity index (χ0) is 11.3. The summed E-state index contributed by atoms with van der Waals surface area (Å²) in [5.41, 5.74) is 0.742. The van der Waals surface area contributed by atoms with Crippen molar-refractivity contribution in [2.75, 3.05) is 11.9 Å². The van der Waals surface area contributed by atoms with Gasteiger partial charge in [0.1, 0.15) is 0 Å². The van der Waals surface area contributed by atoms with Gasteiger partial charge >= 0.3 is 11.9 Å². The summed E-state index contributed by atoms with van der Waals surface area (Å²) in [5, 5.41) is 20.1. The summed E-state index contributed by atoms with van der Waals surface area (Å²) in [5.74, 6) is -3.14. The van der Waals surface area contributed by atoms with E-state index >= 15 is 0 Å². The maximum atomic E-state index is 10.7. The lowest BCUT2D eigenvalue weighted by Crippen LogP contribution is -2.25. The van der Waals surface area contributed by atoms with E-state index in [9.17, 15) is 9.59 Å². The molecule has 0 aliphatic carbocycles. The van der Waals surface area contributed by atoms with E-state index in [0.29, 0.717) is 0 Å². The molecule has 4 N–H and O–H groups in total. The van der Waals surface area contributed by atoms with Crippen LogP contribution in [-0.2, 0) is 9.59 Å². The summed E-state index contributed by atoms with van der Waals surface area (Å²) in [6, 6.07) is 1.74. The van der Waals surface area contributed by atoms with E-state index in [-0.39, 0.29) is 13.0 Å². The Labute approximate surface area is 85.9 Å². The molecule has 0 bridgehead atoms. The van der Waals surface area contributed by atoms with Gasteiger partial charge in [-0.2, -0.15) is 0 Å². The van der Waals surface area contributed by atoms with Gasteiger partial charge in [-0.25, -0.2) is 0 Å². The zero-order valence-electron chi connectivity index (χ0n) is 7.93. The molecule has 15 heavy (non-hydrogen) atoms. The number of H-pyrrole nitrogens is 1. The standard InChI is InChI=1S/C9H12N2O4/c12-8(13)3-6(9(14)15)4-11-7-1-2-10-5-7/h1-2,5-6,10-11H,3-4H2,(H,12,13)(H,14,15). The van der Waals surface area contributed by atoms with Gasteiger partial charge in [-0.1, -0.05) is 0 Å². The van der Waals surface area contributed by atoms with Gasteiger partial charge in [0.25, 0.3) is 0 Å². The third-order valence-electron chi connectivity index (χ3n) is 1.92. The van der Waals surface area contributed by atoms with Gasteiger partial charge in [-0.05, 0) is 6.07 Å². The predicted octanol–water partition coefficient (Wildman–Crippen LogP) is 0.602. The minimum absolute atomic E-state index is 0.0967. The number of nitrogens with one attached hydrogen (secondary N) is 2. The molecule has 6 heteroatoms. The lowest BCUT2D eigenvalue weighted by Gasteiger charge is -2.10. The van der Waals surface area contributed by atoms with Gasteiger partial charge in [0.05, 0.1) is 18.0 Å². The van der Waals surface area contributed by atoms with Crippen molar-refractivity contribution in [3.8, 4) is 0 Å². The van der Waals surface area contributed by atoms with Crippen LogP contribution in [0.1, 0.15) is 6.42 Å². The van der Waals surface area contributed by atoms with Crippen molar-refractivity contribution in [3.05, 3.63) is 18.5 Å². The van der Waals surface area contributed by atoms with Crippen LogP contribution in [0.25, 0.3) is 0 Å². The van der Waals surface area contributed by atoms with Crippen LogP contribution in [0.3, 0.4) is 0 Å². The second-order valence-corrected chi connectivity index (χ2v) is 3.11. The van der Waals surface area contributed by atoms with Gasteiger partial charge in [-0.15, -0.1) is 0 Å². The number of anilines is 1. The van der Waals surface area contributed by atoms with Crippen LogP contribution in [0.2, 0.25) is 0 Å².